The Morgan fingerprint density at radius 2 is 2.05 bits per heavy atom. The second-order valence-electron chi connectivity index (χ2n) is 3.85. The zero-order valence-corrected chi connectivity index (χ0v) is 11.4. The molecule has 0 radical (unpaired) electrons. The minimum atomic E-state index is -4.39. The second-order valence-corrected chi connectivity index (χ2v) is 4.25. The summed E-state index contributed by atoms with van der Waals surface area (Å²) in [6, 6.07) is 4.68. The Morgan fingerprint density at radius 3 is 2.67 bits per heavy atom. The molecular weight excluding hydrogens is 313 g/mol. The maximum absolute atomic E-state index is 11.9. The number of hydrogen-bond acceptors (Lipinski definition) is 3. The molecule has 0 fully saturated rings. The van der Waals surface area contributed by atoms with E-state index in [9.17, 15) is 18.0 Å². The Labute approximate surface area is 123 Å². The van der Waals surface area contributed by atoms with E-state index in [0.29, 0.717) is 5.56 Å². The third-order valence-electron chi connectivity index (χ3n) is 2.14. The Kier molecular flexibility index (Phi) is 6.51. The number of carboxylic acids is 1. The first kappa shape index (κ1) is 17.3. The highest BCUT2D eigenvalue weighted by atomic mass is 35.5. The molecule has 0 unspecified atom stereocenters. The third-order valence-corrected chi connectivity index (χ3v) is 2.44. The molecule has 1 rings (SSSR count). The fourth-order valence-electron chi connectivity index (χ4n) is 1.36. The lowest BCUT2D eigenvalue weighted by Crippen LogP contribution is -2.19. The van der Waals surface area contributed by atoms with Gasteiger partial charge in [-0.2, -0.15) is 13.2 Å². The highest BCUT2D eigenvalue weighted by Crippen LogP contribution is 2.29. The van der Waals surface area contributed by atoms with Crippen LogP contribution in [0.15, 0.2) is 24.3 Å². The predicted molar refractivity (Wildman–Crippen MR) is 70.5 cm³/mol. The average Bonchev–Trinajstić information content (AvgIpc) is 2.36. The van der Waals surface area contributed by atoms with Gasteiger partial charge in [-0.3, -0.25) is 0 Å². The van der Waals surface area contributed by atoms with Crippen LogP contribution in [0.25, 0.3) is 6.08 Å². The van der Waals surface area contributed by atoms with Crippen molar-refractivity contribution in [3.63, 3.8) is 0 Å². The van der Waals surface area contributed by atoms with Gasteiger partial charge in [0.15, 0.2) is 0 Å². The van der Waals surface area contributed by atoms with Gasteiger partial charge in [0.25, 0.3) is 0 Å². The number of aliphatic carboxylic acids is 1. The van der Waals surface area contributed by atoms with Crippen molar-refractivity contribution in [1.29, 1.82) is 0 Å². The molecule has 0 heterocycles. The molecule has 0 aliphatic carbocycles. The van der Waals surface area contributed by atoms with E-state index in [0.717, 1.165) is 6.08 Å². The summed E-state index contributed by atoms with van der Waals surface area (Å²) >= 11 is 5.90. The molecule has 0 bridgehead atoms. The first-order valence-electron chi connectivity index (χ1n) is 5.76. The van der Waals surface area contributed by atoms with E-state index < -0.39 is 18.8 Å². The highest BCUT2D eigenvalue weighted by Gasteiger charge is 2.27. The van der Waals surface area contributed by atoms with Gasteiger partial charge in [-0.1, -0.05) is 23.7 Å². The molecule has 0 aliphatic rings. The van der Waals surface area contributed by atoms with Gasteiger partial charge in [0.2, 0.25) is 0 Å². The monoisotopic (exact) mass is 324 g/mol. The van der Waals surface area contributed by atoms with Crippen molar-refractivity contribution < 1.29 is 32.5 Å². The number of ether oxygens (including phenoxy) is 2. The molecule has 0 atom stereocenters. The van der Waals surface area contributed by atoms with Crippen LogP contribution in [0.5, 0.6) is 5.75 Å². The summed E-state index contributed by atoms with van der Waals surface area (Å²) < 4.78 is 45.2. The van der Waals surface area contributed by atoms with Gasteiger partial charge < -0.3 is 14.6 Å². The number of benzene rings is 1. The van der Waals surface area contributed by atoms with Crippen LogP contribution < -0.4 is 4.74 Å². The Hall–Kier alpha value is -1.73. The van der Waals surface area contributed by atoms with Gasteiger partial charge in [0.1, 0.15) is 19.0 Å². The molecule has 0 aromatic heterocycles. The van der Waals surface area contributed by atoms with Crippen LogP contribution in [0.1, 0.15) is 5.56 Å². The lowest BCUT2D eigenvalue weighted by molar-refractivity contribution is -0.175. The van der Waals surface area contributed by atoms with Gasteiger partial charge in [0.05, 0.1) is 11.6 Å². The van der Waals surface area contributed by atoms with Gasteiger partial charge in [-0.05, 0) is 12.1 Å². The number of carbonyl (C=O) groups is 1. The van der Waals surface area contributed by atoms with Crippen molar-refractivity contribution in [1.82, 2.24) is 0 Å². The van der Waals surface area contributed by atoms with Crippen LogP contribution in [0, 0.1) is 0 Å². The molecule has 0 amide bonds. The van der Waals surface area contributed by atoms with Crippen LogP contribution in [0.4, 0.5) is 13.2 Å². The summed E-state index contributed by atoms with van der Waals surface area (Å²) in [6.07, 6.45) is -2.21. The second kappa shape index (κ2) is 7.90. The molecule has 116 valence electrons. The van der Waals surface area contributed by atoms with Crippen LogP contribution in [0.2, 0.25) is 5.02 Å². The zero-order valence-electron chi connectivity index (χ0n) is 10.7. The third kappa shape index (κ3) is 7.01. The van der Waals surface area contributed by atoms with E-state index in [4.69, 9.17) is 21.4 Å². The number of para-hydroxylation sites is 1. The van der Waals surface area contributed by atoms with Crippen molar-refractivity contribution in [2.75, 3.05) is 19.8 Å². The first-order valence-corrected chi connectivity index (χ1v) is 6.14. The quantitative estimate of drug-likeness (QED) is 0.617. The fraction of sp³-hybridized carbons (Fsp3) is 0.308. The molecule has 0 saturated heterocycles. The lowest BCUT2D eigenvalue weighted by atomic mass is 10.2. The molecule has 1 aromatic carbocycles. The summed E-state index contributed by atoms with van der Waals surface area (Å²) in [6.45, 7) is -1.77. The molecule has 8 heteroatoms. The summed E-state index contributed by atoms with van der Waals surface area (Å²) in [5.41, 5.74) is 0.403. The minimum absolute atomic E-state index is 0.145. The molecule has 1 N–H and O–H groups in total. The van der Waals surface area contributed by atoms with Crippen LogP contribution >= 0.6 is 11.6 Å². The lowest BCUT2D eigenvalue weighted by Gasteiger charge is -2.12. The highest BCUT2D eigenvalue weighted by molar-refractivity contribution is 6.32. The van der Waals surface area contributed by atoms with Gasteiger partial charge in [-0.15, -0.1) is 0 Å². The van der Waals surface area contributed by atoms with E-state index in [1.54, 1.807) is 12.1 Å². The van der Waals surface area contributed by atoms with Crippen LogP contribution in [-0.4, -0.2) is 37.1 Å². The van der Waals surface area contributed by atoms with Crippen molar-refractivity contribution in [2.45, 2.75) is 6.18 Å². The molecule has 21 heavy (non-hydrogen) atoms. The normalized spacial score (nSPS) is 11.8. The van der Waals surface area contributed by atoms with E-state index in [1.807, 2.05) is 0 Å². The largest absolute Gasteiger partial charge is 0.489 e. The predicted octanol–water partition coefficient (Wildman–Crippen LogP) is 3.40. The number of alkyl halides is 3. The molecular formula is C13H12ClF3O4. The van der Waals surface area contributed by atoms with E-state index >= 15 is 0 Å². The average molecular weight is 325 g/mol. The standard InChI is InChI=1S/C13H12ClF3O4/c14-10-3-1-2-9(4-5-11(18)19)12(10)21-7-6-20-8-13(15,16)17/h1-5H,6-8H2,(H,18,19)/b5-4+. The van der Waals surface area contributed by atoms with Gasteiger partial charge in [0, 0.05) is 11.6 Å². The molecule has 1 aromatic rings. The van der Waals surface area contributed by atoms with Crippen molar-refractivity contribution >= 4 is 23.6 Å². The molecule has 0 spiro atoms. The maximum Gasteiger partial charge on any atom is 0.411 e. The Bertz CT molecular complexity index is 515. The number of rotatable bonds is 7. The summed E-state index contributed by atoms with van der Waals surface area (Å²) in [5, 5.41) is 8.79. The summed E-state index contributed by atoms with van der Waals surface area (Å²) in [7, 11) is 0. The van der Waals surface area contributed by atoms with Gasteiger partial charge >= 0.3 is 12.1 Å². The fourth-order valence-corrected chi connectivity index (χ4v) is 1.60. The van der Waals surface area contributed by atoms with Crippen molar-refractivity contribution in [2.24, 2.45) is 0 Å². The van der Waals surface area contributed by atoms with Crippen molar-refractivity contribution in [3.05, 3.63) is 34.9 Å². The maximum atomic E-state index is 11.9. The molecule has 0 aliphatic heterocycles. The van der Waals surface area contributed by atoms with Crippen molar-refractivity contribution in [3.8, 4) is 5.75 Å². The molecule has 0 saturated carbocycles. The SMILES string of the molecule is O=C(O)/C=C/c1cccc(Cl)c1OCCOCC(F)(F)F. The molecule has 4 nitrogen and oxygen atoms in total. The summed E-state index contributed by atoms with van der Waals surface area (Å²) in [4.78, 5) is 10.5. The van der Waals surface area contributed by atoms with E-state index in [-0.39, 0.29) is 24.0 Å². The van der Waals surface area contributed by atoms with Crippen LogP contribution in [-0.2, 0) is 9.53 Å². The Morgan fingerprint density at radius 1 is 1.33 bits per heavy atom. The Balaban J connectivity index is 2.59. The van der Waals surface area contributed by atoms with E-state index in [1.165, 1.54) is 12.1 Å². The number of halogens is 4. The summed E-state index contributed by atoms with van der Waals surface area (Å²) in [5.74, 6) is -0.957. The minimum Gasteiger partial charge on any atom is -0.489 e. The van der Waals surface area contributed by atoms with E-state index in [2.05, 4.69) is 4.74 Å². The first-order chi connectivity index (χ1) is 9.79. The zero-order chi connectivity index (χ0) is 15.9. The topological polar surface area (TPSA) is 55.8 Å². The smallest absolute Gasteiger partial charge is 0.411 e. The van der Waals surface area contributed by atoms with Crippen LogP contribution in [0.3, 0.4) is 0 Å². The number of hydrogen-bond donors (Lipinski definition) is 1. The number of carboxylic acid groups (broad SMARTS) is 1. The van der Waals surface area contributed by atoms with Gasteiger partial charge in [-0.25, -0.2) is 4.79 Å².